The van der Waals surface area contributed by atoms with Crippen LogP contribution in [0, 0.1) is 0 Å². The van der Waals surface area contributed by atoms with Gasteiger partial charge in [0.15, 0.2) is 0 Å². The average Bonchev–Trinajstić information content (AvgIpc) is 2.71. The molecule has 98 valence electrons. The molecule has 1 aliphatic heterocycles. The lowest BCUT2D eigenvalue weighted by atomic mass is 10.0. The van der Waals surface area contributed by atoms with Crippen molar-refractivity contribution >= 4 is 27.7 Å². The molecule has 1 atom stereocenters. The Morgan fingerprint density at radius 3 is 2.89 bits per heavy atom. The van der Waals surface area contributed by atoms with Crippen LogP contribution in [-0.4, -0.2) is 25.8 Å². The van der Waals surface area contributed by atoms with E-state index in [1.54, 1.807) is 18.7 Å². The van der Waals surface area contributed by atoms with Gasteiger partial charge < -0.3 is 0 Å². The first-order chi connectivity index (χ1) is 8.53. The summed E-state index contributed by atoms with van der Waals surface area (Å²) in [7, 11) is -3.48. The molecule has 0 radical (unpaired) electrons. The summed E-state index contributed by atoms with van der Waals surface area (Å²) in [5.74, 6) is -0.189. The Morgan fingerprint density at radius 2 is 2.17 bits per heavy atom. The average molecular weight is 285 g/mol. The number of rotatable bonds is 4. The Morgan fingerprint density at radius 1 is 1.44 bits per heavy atom. The third-order valence-electron chi connectivity index (χ3n) is 2.75. The van der Waals surface area contributed by atoms with E-state index in [-0.39, 0.29) is 11.7 Å². The summed E-state index contributed by atoms with van der Waals surface area (Å²) in [5.41, 5.74) is 0.923. The van der Waals surface area contributed by atoms with Crippen LogP contribution in [0.1, 0.15) is 24.8 Å². The van der Waals surface area contributed by atoms with Crippen LogP contribution in [0.3, 0.4) is 0 Å². The van der Waals surface area contributed by atoms with E-state index in [4.69, 9.17) is 0 Å². The molecule has 1 heterocycles. The largest absolute Gasteiger partial charge is 0.273 e. The lowest BCUT2D eigenvalue weighted by Gasteiger charge is -2.11. The van der Waals surface area contributed by atoms with Crippen LogP contribution in [0.15, 0.2) is 29.2 Å². The molecule has 0 fully saturated rings. The third kappa shape index (κ3) is 2.87. The number of nitrogens with one attached hydrogen (secondary N) is 1. The van der Waals surface area contributed by atoms with Gasteiger partial charge >= 0.3 is 0 Å². The van der Waals surface area contributed by atoms with Gasteiger partial charge in [-0.25, -0.2) is 8.42 Å². The van der Waals surface area contributed by atoms with E-state index in [1.807, 2.05) is 24.3 Å². The molecule has 1 aliphatic rings. The second-order valence-corrected chi connectivity index (χ2v) is 7.09. The van der Waals surface area contributed by atoms with Crippen LogP contribution >= 0.6 is 11.8 Å². The zero-order chi connectivity index (χ0) is 13.2. The smallest absolute Gasteiger partial charge is 0.241 e. The number of benzene rings is 1. The lowest BCUT2D eigenvalue weighted by molar-refractivity contribution is -0.120. The van der Waals surface area contributed by atoms with Gasteiger partial charge in [0.1, 0.15) is 0 Å². The topological polar surface area (TPSA) is 63.2 Å². The van der Waals surface area contributed by atoms with Crippen molar-refractivity contribution in [3.8, 4) is 0 Å². The molecule has 0 bridgehead atoms. The maximum absolute atomic E-state index is 12.0. The van der Waals surface area contributed by atoms with E-state index in [0.29, 0.717) is 12.2 Å². The molecular formula is C12H15NO3S2. The lowest BCUT2D eigenvalue weighted by Crippen LogP contribution is -2.36. The van der Waals surface area contributed by atoms with Gasteiger partial charge in [-0.15, -0.1) is 11.8 Å². The molecule has 1 N–H and O–H groups in total. The van der Waals surface area contributed by atoms with E-state index >= 15 is 0 Å². The fraction of sp³-hybridized carbons (Fsp3) is 0.417. The highest BCUT2D eigenvalue weighted by Crippen LogP contribution is 2.39. The predicted molar refractivity (Wildman–Crippen MR) is 72.1 cm³/mol. The summed E-state index contributed by atoms with van der Waals surface area (Å²) in [4.78, 5) is 13.1. The Balaban J connectivity index is 2.13. The second-order valence-electron chi connectivity index (χ2n) is 4.19. The molecule has 0 saturated heterocycles. The van der Waals surface area contributed by atoms with E-state index in [2.05, 4.69) is 4.72 Å². The van der Waals surface area contributed by atoms with Gasteiger partial charge in [-0.1, -0.05) is 25.1 Å². The molecule has 1 unspecified atom stereocenters. The standard InChI is InChI=1S/C12H15NO3S2/c1-2-7-18(15,16)13-12(14)10-8-17-11-6-4-3-5-9(10)11/h3-6,10H,2,7-8H2,1H3,(H,13,14). The number of hydrogen-bond donors (Lipinski definition) is 1. The normalized spacial score (nSPS) is 18.4. The maximum Gasteiger partial charge on any atom is 0.241 e. The van der Waals surface area contributed by atoms with Crippen LogP contribution in [-0.2, 0) is 14.8 Å². The molecule has 0 aromatic heterocycles. The zero-order valence-corrected chi connectivity index (χ0v) is 11.7. The van der Waals surface area contributed by atoms with Gasteiger partial charge in [0.05, 0.1) is 11.7 Å². The fourth-order valence-electron chi connectivity index (χ4n) is 1.92. The Hall–Kier alpha value is -1.01. The van der Waals surface area contributed by atoms with Crippen molar-refractivity contribution in [2.24, 2.45) is 0 Å². The third-order valence-corrected chi connectivity index (χ3v) is 5.39. The number of thioether (sulfide) groups is 1. The first-order valence-electron chi connectivity index (χ1n) is 5.79. The van der Waals surface area contributed by atoms with Gasteiger partial charge in [0, 0.05) is 10.6 Å². The van der Waals surface area contributed by atoms with E-state index in [9.17, 15) is 13.2 Å². The minimum Gasteiger partial charge on any atom is -0.273 e. The number of hydrogen-bond acceptors (Lipinski definition) is 4. The highest BCUT2D eigenvalue weighted by atomic mass is 32.2. The quantitative estimate of drug-likeness (QED) is 0.915. The first kappa shape index (κ1) is 13.4. The summed E-state index contributed by atoms with van der Waals surface area (Å²) >= 11 is 1.59. The van der Waals surface area contributed by atoms with Crippen LogP contribution < -0.4 is 4.72 Å². The molecule has 1 aromatic rings. The summed E-state index contributed by atoms with van der Waals surface area (Å²) < 4.78 is 25.3. The molecule has 0 aliphatic carbocycles. The molecule has 4 nitrogen and oxygen atoms in total. The van der Waals surface area contributed by atoms with Crippen molar-refractivity contribution in [2.75, 3.05) is 11.5 Å². The highest BCUT2D eigenvalue weighted by Gasteiger charge is 2.30. The van der Waals surface area contributed by atoms with Crippen molar-refractivity contribution in [3.05, 3.63) is 29.8 Å². The van der Waals surface area contributed by atoms with Crippen LogP contribution in [0.25, 0.3) is 0 Å². The molecule has 2 rings (SSSR count). The van der Waals surface area contributed by atoms with E-state index < -0.39 is 15.9 Å². The molecule has 0 spiro atoms. The SMILES string of the molecule is CCCS(=O)(=O)NC(=O)C1CSc2ccccc21. The summed E-state index contributed by atoms with van der Waals surface area (Å²) in [6.45, 7) is 1.77. The molecule has 0 saturated carbocycles. The summed E-state index contributed by atoms with van der Waals surface area (Å²) in [6.07, 6.45) is 0.499. The summed E-state index contributed by atoms with van der Waals surface area (Å²) in [6, 6.07) is 7.62. The minimum atomic E-state index is -3.48. The zero-order valence-electron chi connectivity index (χ0n) is 10.0. The highest BCUT2D eigenvalue weighted by molar-refractivity contribution is 7.99. The van der Waals surface area contributed by atoms with Crippen molar-refractivity contribution in [1.29, 1.82) is 0 Å². The molecule has 1 aromatic carbocycles. The number of fused-ring (bicyclic) bond motifs is 1. The van der Waals surface area contributed by atoms with Crippen LogP contribution in [0.2, 0.25) is 0 Å². The molecule has 6 heteroatoms. The number of carbonyl (C=O) groups excluding carboxylic acids is 1. The van der Waals surface area contributed by atoms with Gasteiger partial charge in [0.2, 0.25) is 15.9 Å². The van der Waals surface area contributed by atoms with Crippen molar-refractivity contribution < 1.29 is 13.2 Å². The second kappa shape index (κ2) is 5.32. The predicted octanol–water partition coefficient (Wildman–Crippen LogP) is 1.73. The number of carbonyl (C=O) groups is 1. The maximum atomic E-state index is 12.0. The van der Waals surface area contributed by atoms with E-state index in [0.717, 1.165) is 10.5 Å². The van der Waals surface area contributed by atoms with Crippen molar-refractivity contribution in [1.82, 2.24) is 4.72 Å². The number of amides is 1. The molecule has 1 amide bonds. The van der Waals surface area contributed by atoms with Gasteiger partial charge in [-0.05, 0) is 18.1 Å². The summed E-state index contributed by atoms with van der Waals surface area (Å²) in [5, 5.41) is 0. The fourth-order valence-corrected chi connectivity index (χ4v) is 4.24. The first-order valence-corrected chi connectivity index (χ1v) is 8.43. The van der Waals surface area contributed by atoms with Gasteiger partial charge in [-0.3, -0.25) is 9.52 Å². The molecule has 18 heavy (non-hydrogen) atoms. The Kier molecular flexibility index (Phi) is 3.97. The van der Waals surface area contributed by atoms with Crippen molar-refractivity contribution in [3.63, 3.8) is 0 Å². The van der Waals surface area contributed by atoms with Gasteiger partial charge in [0.25, 0.3) is 0 Å². The minimum absolute atomic E-state index is 0.0136. The monoisotopic (exact) mass is 285 g/mol. The van der Waals surface area contributed by atoms with Crippen LogP contribution in [0.5, 0.6) is 0 Å². The van der Waals surface area contributed by atoms with Crippen molar-refractivity contribution in [2.45, 2.75) is 24.2 Å². The van der Waals surface area contributed by atoms with E-state index in [1.165, 1.54) is 0 Å². The Bertz CT molecular complexity index is 554. The molecular weight excluding hydrogens is 270 g/mol. The van der Waals surface area contributed by atoms with Crippen LogP contribution in [0.4, 0.5) is 0 Å². The number of sulfonamides is 1. The van der Waals surface area contributed by atoms with Gasteiger partial charge in [-0.2, -0.15) is 0 Å². The Labute approximate surface area is 111 Å².